The van der Waals surface area contributed by atoms with Crippen molar-refractivity contribution in [2.24, 2.45) is 0 Å². The summed E-state index contributed by atoms with van der Waals surface area (Å²) in [5.74, 6) is -2.00. The molecule has 1 fully saturated rings. The number of morpholine rings is 1. The van der Waals surface area contributed by atoms with E-state index in [0.29, 0.717) is 18.9 Å². The number of hydrogen-bond donors (Lipinski definition) is 4. The van der Waals surface area contributed by atoms with Crippen LogP contribution in [0.5, 0.6) is 5.75 Å². The number of sulfonamides is 1. The molecule has 0 unspecified atom stereocenters. The molecule has 0 radical (unpaired) electrons. The van der Waals surface area contributed by atoms with Gasteiger partial charge in [0, 0.05) is 19.3 Å². The van der Waals surface area contributed by atoms with E-state index >= 15 is 0 Å². The van der Waals surface area contributed by atoms with Crippen molar-refractivity contribution in [3.05, 3.63) is 60.2 Å². The molecule has 0 aliphatic carbocycles. The number of ether oxygens (including phenoxy) is 1. The van der Waals surface area contributed by atoms with Gasteiger partial charge in [0.15, 0.2) is 11.4 Å². The second-order valence-electron chi connectivity index (χ2n) is 6.82. The molecule has 3 aromatic rings. The summed E-state index contributed by atoms with van der Waals surface area (Å²) in [5.41, 5.74) is 4.57. The fourth-order valence-electron chi connectivity index (χ4n) is 3.07. The lowest BCUT2D eigenvalue weighted by Gasteiger charge is -2.25. The van der Waals surface area contributed by atoms with E-state index in [1.54, 1.807) is 24.3 Å². The molecule has 1 saturated heterocycles. The van der Waals surface area contributed by atoms with Crippen LogP contribution in [-0.4, -0.2) is 70.7 Å². The Morgan fingerprint density at radius 1 is 1.09 bits per heavy atom. The second kappa shape index (κ2) is 8.82. The Bertz CT molecular complexity index is 1230. The predicted octanol–water partition coefficient (Wildman–Crippen LogP) is 0.00170. The number of amides is 2. The number of nitrogens with one attached hydrogen (secondary N) is 3. The van der Waals surface area contributed by atoms with Crippen LogP contribution in [0.4, 0.5) is 0 Å². The molecule has 1 aliphatic rings. The lowest BCUT2D eigenvalue weighted by molar-refractivity contribution is 0.0730. The Hall–Kier alpha value is -3.68. The van der Waals surface area contributed by atoms with E-state index in [9.17, 15) is 23.1 Å². The van der Waals surface area contributed by atoms with Gasteiger partial charge in [-0.2, -0.15) is 9.40 Å². The van der Waals surface area contributed by atoms with Crippen molar-refractivity contribution in [3.63, 3.8) is 0 Å². The van der Waals surface area contributed by atoms with Crippen LogP contribution in [0, 0.1) is 0 Å². The standard InChI is InChI=1S/C19H20N6O6S/c26-16-12-25(13-4-2-1-3-5-13)23-17(16)19(28)22-21-18(27)15-10-14(11-20-15)32(29,30)24-6-8-31-9-7-24/h1-5,10-12,20,26H,6-9H2,(H,21,27)(H,22,28). The summed E-state index contributed by atoms with van der Waals surface area (Å²) >= 11 is 0. The van der Waals surface area contributed by atoms with E-state index in [4.69, 9.17) is 4.74 Å². The summed E-state index contributed by atoms with van der Waals surface area (Å²) in [7, 11) is -3.77. The van der Waals surface area contributed by atoms with Crippen LogP contribution in [0.3, 0.4) is 0 Å². The summed E-state index contributed by atoms with van der Waals surface area (Å²) in [6.45, 7) is 1.06. The first kappa shape index (κ1) is 21.5. The van der Waals surface area contributed by atoms with Crippen LogP contribution in [0.25, 0.3) is 5.69 Å². The summed E-state index contributed by atoms with van der Waals surface area (Å²) < 4.78 is 33.0. The fraction of sp³-hybridized carbons (Fsp3) is 0.211. The molecule has 3 heterocycles. The smallest absolute Gasteiger partial charge is 0.294 e. The molecule has 12 nitrogen and oxygen atoms in total. The first-order valence-electron chi connectivity index (χ1n) is 9.57. The highest BCUT2D eigenvalue weighted by Crippen LogP contribution is 2.19. The lowest BCUT2D eigenvalue weighted by Crippen LogP contribution is -2.42. The average Bonchev–Trinajstić information content (AvgIpc) is 3.46. The third-order valence-corrected chi connectivity index (χ3v) is 6.61. The van der Waals surface area contributed by atoms with Crippen LogP contribution in [0.1, 0.15) is 21.0 Å². The molecule has 0 spiro atoms. The van der Waals surface area contributed by atoms with E-state index in [0.717, 1.165) is 0 Å². The zero-order valence-electron chi connectivity index (χ0n) is 16.7. The van der Waals surface area contributed by atoms with Crippen LogP contribution >= 0.6 is 0 Å². The van der Waals surface area contributed by atoms with Crippen molar-refractivity contribution < 1.29 is 27.9 Å². The zero-order valence-corrected chi connectivity index (χ0v) is 17.5. The molecule has 4 rings (SSSR count). The van der Waals surface area contributed by atoms with Gasteiger partial charge >= 0.3 is 0 Å². The number of carbonyl (C=O) groups is 2. The Morgan fingerprint density at radius 3 is 2.50 bits per heavy atom. The molecule has 4 N–H and O–H groups in total. The maximum Gasteiger partial charge on any atom is 0.294 e. The molecule has 2 amide bonds. The maximum atomic E-state index is 12.6. The SMILES string of the molecule is O=C(NNC(=O)c1nn(-c2ccccc2)cc1O)c1cc(S(=O)(=O)N2CCOCC2)c[nH]1. The Morgan fingerprint density at radius 2 is 1.78 bits per heavy atom. The quantitative estimate of drug-likeness (QED) is 0.390. The number of hydrazine groups is 1. The molecule has 32 heavy (non-hydrogen) atoms. The van der Waals surface area contributed by atoms with E-state index in [1.807, 2.05) is 6.07 Å². The highest BCUT2D eigenvalue weighted by atomic mass is 32.2. The molecule has 0 atom stereocenters. The Kier molecular flexibility index (Phi) is 5.94. The second-order valence-corrected chi connectivity index (χ2v) is 8.75. The molecular formula is C19H20N6O6S. The topological polar surface area (TPSA) is 159 Å². The van der Waals surface area contributed by atoms with Gasteiger partial charge in [0.1, 0.15) is 10.6 Å². The van der Waals surface area contributed by atoms with Crippen molar-refractivity contribution in [1.29, 1.82) is 0 Å². The lowest BCUT2D eigenvalue weighted by atomic mass is 10.3. The summed E-state index contributed by atoms with van der Waals surface area (Å²) in [6, 6.07) is 10.0. The van der Waals surface area contributed by atoms with E-state index in [2.05, 4.69) is 20.9 Å². The molecule has 2 aromatic heterocycles. The van der Waals surface area contributed by atoms with Gasteiger partial charge in [-0.05, 0) is 18.2 Å². The normalized spacial score (nSPS) is 14.8. The fourth-order valence-corrected chi connectivity index (χ4v) is 4.47. The number of H-pyrrole nitrogens is 1. The van der Waals surface area contributed by atoms with Crippen molar-refractivity contribution in [1.82, 2.24) is 29.9 Å². The highest BCUT2D eigenvalue weighted by molar-refractivity contribution is 7.89. The van der Waals surface area contributed by atoms with Crippen LogP contribution < -0.4 is 10.9 Å². The van der Waals surface area contributed by atoms with E-state index < -0.39 is 21.8 Å². The van der Waals surface area contributed by atoms with E-state index in [-0.39, 0.29) is 35.1 Å². The first-order valence-corrected chi connectivity index (χ1v) is 11.0. The first-order chi connectivity index (χ1) is 15.4. The molecule has 168 valence electrons. The van der Waals surface area contributed by atoms with Gasteiger partial charge in [-0.3, -0.25) is 20.4 Å². The van der Waals surface area contributed by atoms with Gasteiger partial charge in [-0.1, -0.05) is 18.2 Å². The van der Waals surface area contributed by atoms with Gasteiger partial charge in [-0.25, -0.2) is 13.1 Å². The molecule has 13 heteroatoms. The van der Waals surface area contributed by atoms with Crippen LogP contribution in [0.15, 0.2) is 53.7 Å². The minimum atomic E-state index is -3.77. The van der Waals surface area contributed by atoms with Crippen molar-refractivity contribution in [3.8, 4) is 11.4 Å². The number of aromatic amines is 1. The third-order valence-electron chi connectivity index (χ3n) is 4.73. The third kappa shape index (κ3) is 4.34. The number of benzene rings is 1. The largest absolute Gasteiger partial charge is 0.504 e. The number of nitrogens with zero attached hydrogens (tertiary/aromatic N) is 3. The summed E-state index contributed by atoms with van der Waals surface area (Å²) in [6.07, 6.45) is 2.47. The van der Waals surface area contributed by atoms with Gasteiger partial charge < -0.3 is 14.8 Å². The predicted molar refractivity (Wildman–Crippen MR) is 111 cm³/mol. The van der Waals surface area contributed by atoms with Crippen molar-refractivity contribution in [2.45, 2.75) is 4.90 Å². The molecular weight excluding hydrogens is 440 g/mol. The minimum absolute atomic E-state index is 0.0730. The number of para-hydroxylation sites is 1. The minimum Gasteiger partial charge on any atom is -0.504 e. The monoisotopic (exact) mass is 460 g/mol. The van der Waals surface area contributed by atoms with Gasteiger partial charge in [-0.15, -0.1) is 0 Å². The number of hydrogen-bond acceptors (Lipinski definition) is 7. The van der Waals surface area contributed by atoms with Gasteiger partial charge in [0.05, 0.1) is 25.1 Å². The van der Waals surface area contributed by atoms with Crippen LogP contribution in [0.2, 0.25) is 0 Å². The molecule has 0 bridgehead atoms. The molecule has 0 saturated carbocycles. The van der Waals surface area contributed by atoms with Crippen molar-refractivity contribution in [2.75, 3.05) is 26.3 Å². The average molecular weight is 460 g/mol. The summed E-state index contributed by atoms with van der Waals surface area (Å²) in [4.78, 5) is 27.2. The number of aromatic nitrogens is 3. The highest BCUT2D eigenvalue weighted by Gasteiger charge is 2.28. The van der Waals surface area contributed by atoms with Gasteiger partial charge in [0.2, 0.25) is 10.0 Å². The number of rotatable bonds is 5. The van der Waals surface area contributed by atoms with Crippen LogP contribution in [-0.2, 0) is 14.8 Å². The maximum absolute atomic E-state index is 12.6. The summed E-state index contributed by atoms with van der Waals surface area (Å²) in [5, 5.41) is 14.0. The number of aromatic hydroxyl groups is 1. The van der Waals surface area contributed by atoms with Crippen molar-refractivity contribution >= 4 is 21.8 Å². The number of carbonyl (C=O) groups excluding carboxylic acids is 2. The molecule has 1 aromatic carbocycles. The Balaban J connectivity index is 1.40. The zero-order chi connectivity index (χ0) is 22.7. The van der Waals surface area contributed by atoms with E-state index in [1.165, 1.54) is 27.4 Å². The molecule has 1 aliphatic heterocycles. The van der Waals surface area contributed by atoms with Gasteiger partial charge in [0.25, 0.3) is 11.8 Å². The Labute approximate surface area is 182 Å².